The average Bonchev–Trinajstić information content (AvgIpc) is 2.36. The molecule has 2 rings (SSSR count). The van der Waals surface area contributed by atoms with Gasteiger partial charge >= 0.3 is 0 Å². The Morgan fingerprint density at radius 3 is 2.61 bits per heavy atom. The molecule has 1 aliphatic rings. The summed E-state index contributed by atoms with van der Waals surface area (Å²) in [7, 11) is 0. The van der Waals surface area contributed by atoms with E-state index in [0.29, 0.717) is 0 Å². The zero-order valence-electron chi connectivity index (χ0n) is 11.5. The summed E-state index contributed by atoms with van der Waals surface area (Å²) in [5.74, 6) is 1.64. The first-order valence-electron chi connectivity index (χ1n) is 7.11. The maximum atomic E-state index is 13.1. The van der Waals surface area contributed by atoms with Crippen molar-refractivity contribution in [1.82, 2.24) is 5.32 Å². The molecule has 0 aliphatic heterocycles. The highest BCUT2D eigenvalue weighted by molar-refractivity contribution is 5.23. The van der Waals surface area contributed by atoms with Crippen LogP contribution in [0.5, 0.6) is 0 Å². The lowest BCUT2D eigenvalue weighted by atomic mass is 9.83. The van der Waals surface area contributed by atoms with E-state index in [1.807, 2.05) is 19.1 Å². The summed E-state index contributed by atoms with van der Waals surface area (Å²) in [4.78, 5) is 0. The summed E-state index contributed by atoms with van der Waals surface area (Å²) in [6.07, 6.45) is 5.47. The molecule has 0 heterocycles. The van der Waals surface area contributed by atoms with Crippen LogP contribution in [-0.4, -0.2) is 6.54 Å². The molecule has 1 aromatic rings. The highest BCUT2D eigenvalue weighted by Crippen LogP contribution is 2.27. The minimum Gasteiger partial charge on any atom is -0.312 e. The Balaban J connectivity index is 1.73. The molecule has 18 heavy (non-hydrogen) atoms. The Morgan fingerprint density at radius 1 is 1.22 bits per heavy atom. The zero-order valence-corrected chi connectivity index (χ0v) is 11.5. The largest absolute Gasteiger partial charge is 0.312 e. The smallest absolute Gasteiger partial charge is 0.126 e. The van der Waals surface area contributed by atoms with Crippen molar-refractivity contribution in [2.45, 2.75) is 46.1 Å². The molecule has 1 aliphatic carbocycles. The summed E-state index contributed by atoms with van der Waals surface area (Å²) in [6, 6.07) is 5.37. The molecule has 0 aromatic heterocycles. The van der Waals surface area contributed by atoms with Gasteiger partial charge in [-0.3, -0.25) is 0 Å². The van der Waals surface area contributed by atoms with Gasteiger partial charge in [0.05, 0.1) is 0 Å². The molecule has 1 saturated carbocycles. The lowest BCUT2D eigenvalue weighted by Crippen LogP contribution is -2.25. The highest BCUT2D eigenvalue weighted by atomic mass is 19.1. The lowest BCUT2D eigenvalue weighted by molar-refractivity contribution is 0.281. The second kappa shape index (κ2) is 6.33. The molecule has 0 unspecified atom stereocenters. The fourth-order valence-corrected chi connectivity index (χ4v) is 2.77. The van der Waals surface area contributed by atoms with Crippen LogP contribution in [0.1, 0.15) is 43.7 Å². The predicted molar refractivity (Wildman–Crippen MR) is 74.0 cm³/mol. The van der Waals surface area contributed by atoms with Crippen molar-refractivity contribution in [1.29, 1.82) is 0 Å². The van der Waals surface area contributed by atoms with Gasteiger partial charge in [0, 0.05) is 6.54 Å². The molecule has 1 aromatic carbocycles. The molecule has 0 radical (unpaired) electrons. The second-order valence-electron chi connectivity index (χ2n) is 5.84. The van der Waals surface area contributed by atoms with E-state index in [1.54, 1.807) is 6.07 Å². The Hall–Kier alpha value is -0.890. The van der Waals surface area contributed by atoms with Gasteiger partial charge in [0.15, 0.2) is 0 Å². The highest BCUT2D eigenvalue weighted by Gasteiger charge is 2.17. The van der Waals surface area contributed by atoms with Crippen molar-refractivity contribution in [2.24, 2.45) is 11.8 Å². The first-order valence-corrected chi connectivity index (χ1v) is 7.11. The summed E-state index contributed by atoms with van der Waals surface area (Å²) in [5.41, 5.74) is 1.92. The number of aryl methyl sites for hydroxylation is 1. The number of hydrogen-bond donors (Lipinski definition) is 1. The van der Waals surface area contributed by atoms with Gasteiger partial charge in [-0.25, -0.2) is 4.39 Å². The topological polar surface area (TPSA) is 12.0 Å². The zero-order chi connectivity index (χ0) is 13.0. The third-order valence-electron chi connectivity index (χ3n) is 4.12. The van der Waals surface area contributed by atoms with E-state index < -0.39 is 0 Å². The van der Waals surface area contributed by atoms with E-state index in [2.05, 4.69) is 12.2 Å². The first-order chi connectivity index (χ1) is 8.65. The first kappa shape index (κ1) is 13.5. The average molecular weight is 249 g/mol. The van der Waals surface area contributed by atoms with Crippen LogP contribution in [0.15, 0.2) is 18.2 Å². The van der Waals surface area contributed by atoms with E-state index >= 15 is 0 Å². The van der Waals surface area contributed by atoms with E-state index in [9.17, 15) is 4.39 Å². The van der Waals surface area contributed by atoms with Crippen LogP contribution in [0.2, 0.25) is 0 Å². The predicted octanol–water partition coefficient (Wildman–Crippen LogP) is 4.05. The van der Waals surface area contributed by atoms with Crippen molar-refractivity contribution in [3.8, 4) is 0 Å². The van der Waals surface area contributed by atoms with Crippen molar-refractivity contribution in [3.05, 3.63) is 35.1 Å². The number of rotatable bonds is 4. The van der Waals surface area contributed by atoms with Crippen LogP contribution in [-0.2, 0) is 6.54 Å². The fourth-order valence-electron chi connectivity index (χ4n) is 2.77. The van der Waals surface area contributed by atoms with E-state index in [-0.39, 0.29) is 5.82 Å². The molecule has 0 atom stereocenters. The normalized spacial score (nSPS) is 24.2. The van der Waals surface area contributed by atoms with Crippen molar-refractivity contribution >= 4 is 0 Å². The van der Waals surface area contributed by atoms with Crippen molar-refractivity contribution < 1.29 is 4.39 Å². The van der Waals surface area contributed by atoms with Gasteiger partial charge in [0.1, 0.15) is 5.82 Å². The quantitative estimate of drug-likeness (QED) is 0.849. The number of nitrogens with one attached hydrogen (secondary N) is 1. The SMILES string of the molecule is Cc1cc(CNCC2CCC(C)CC2)ccc1F. The lowest BCUT2D eigenvalue weighted by Gasteiger charge is -2.26. The molecule has 1 N–H and O–H groups in total. The van der Waals surface area contributed by atoms with Crippen LogP contribution in [0.3, 0.4) is 0 Å². The second-order valence-corrected chi connectivity index (χ2v) is 5.84. The standard InChI is InChI=1S/C16H24FN/c1-12-3-5-14(6-4-12)10-18-11-15-7-8-16(17)13(2)9-15/h7-9,12,14,18H,3-6,10-11H2,1-2H3. The van der Waals surface area contributed by atoms with Crippen LogP contribution in [0, 0.1) is 24.6 Å². The van der Waals surface area contributed by atoms with Crippen molar-refractivity contribution in [2.75, 3.05) is 6.54 Å². The Bertz CT molecular complexity index is 381. The number of benzene rings is 1. The van der Waals surface area contributed by atoms with Gasteiger partial charge in [0.2, 0.25) is 0 Å². The molecule has 1 nitrogen and oxygen atoms in total. The van der Waals surface area contributed by atoms with Gasteiger partial charge < -0.3 is 5.32 Å². The number of halogens is 1. The monoisotopic (exact) mass is 249 g/mol. The Morgan fingerprint density at radius 2 is 1.94 bits per heavy atom. The van der Waals surface area contributed by atoms with Crippen LogP contribution in [0.25, 0.3) is 0 Å². The third kappa shape index (κ3) is 3.81. The summed E-state index contributed by atoms with van der Waals surface area (Å²) in [6.45, 7) is 6.13. The summed E-state index contributed by atoms with van der Waals surface area (Å²) < 4.78 is 13.1. The van der Waals surface area contributed by atoms with Gasteiger partial charge in [-0.05, 0) is 55.3 Å². The molecule has 0 saturated heterocycles. The Labute approximate surface area is 110 Å². The molecule has 0 bridgehead atoms. The summed E-state index contributed by atoms with van der Waals surface area (Å²) >= 11 is 0. The van der Waals surface area contributed by atoms with E-state index in [0.717, 1.165) is 30.5 Å². The van der Waals surface area contributed by atoms with Crippen LogP contribution >= 0.6 is 0 Å². The van der Waals surface area contributed by atoms with Crippen LogP contribution in [0.4, 0.5) is 4.39 Å². The fraction of sp³-hybridized carbons (Fsp3) is 0.625. The van der Waals surface area contributed by atoms with Crippen LogP contribution < -0.4 is 5.32 Å². The van der Waals surface area contributed by atoms with E-state index in [4.69, 9.17) is 0 Å². The minimum absolute atomic E-state index is 0.111. The molecule has 1 fully saturated rings. The maximum absolute atomic E-state index is 13.1. The van der Waals surface area contributed by atoms with Gasteiger partial charge in [0.25, 0.3) is 0 Å². The van der Waals surface area contributed by atoms with Gasteiger partial charge in [-0.2, -0.15) is 0 Å². The molecular formula is C16H24FN. The number of hydrogen-bond acceptors (Lipinski definition) is 1. The molecule has 0 spiro atoms. The van der Waals surface area contributed by atoms with Crippen molar-refractivity contribution in [3.63, 3.8) is 0 Å². The van der Waals surface area contributed by atoms with Gasteiger partial charge in [-0.1, -0.05) is 31.9 Å². The molecule has 2 heteroatoms. The molecule has 0 amide bonds. The molecule has 100 valence electrons. The van der Waals surface area contributed by atoms with Gasteiger partial charge in [-0.15, -0.1) is 0 Å². The third-order valence-corrected chi connectivity index (χ3v) is 4.12. The molecular weight excluding hydrogens is 225 g/mol. The Kier molecular flexibility index (Phi) is 4.76. The maximum Gasteiger partial charge on any atom is 0.126 e. The summed E-state index contributed by atoms with van der Waals surface area (Å²) in [5, 5.41) is 3.51. The minimum atomic E-state index is -0.111. The van der Waals surface area contributed by atoms with E-state index in [1.165, 1.54) is 31.2 Å².